The first kappa shape index (κ1) is 32.3. The summed E-state index contributed by atoms with van der Waals surface area (Å²) in [5.41, 5.74) is 16.4. The molecule has 0 aliphatic heterocycles. The van der Waals surface area contributed by atoms with Crippen LogP contribution in [0.1, 0.15) is 0 Å². The molecule has 3 nitrogen and oxygen atoms in total. The quantitative estimate of drug-likeness (QED) is 0.166. The van der Waals surface area contributed by atoms with Gasteiger partial charge in [0.2, 0.25) is 0 Å². The van der Waals surface area contributed by atoms with E-state index in [1.54, 1.807) is 0 Å². The van der Waals surface area contributed by atoms with Crippen LogP contribution in [0.2, 0.25) is 0 Å². The zero-order valence-corrected chi connectivity index (χ0v) is 30.0. The molecule has 0 aliphatic rings. The van der Waals surface area contributed by atoms with Crippen LogP contribution in [0.3, 0.4) is 0 Å². The lowest BCUT2D eigenvalue weighted by atomic mass is 9.95. The fraction of sp³-hybridized carbons (Fsp3) is 0. The average Bonchev–Trinajstić information content (AvgIpc) is 3.61. The highest BCUT2D eigenvalue weighted by atomic mass is 15.0. The largest absolute Gasteiger partial charge is 0.306 e. The number of fused-ring (bicyclic) bond motifs is 3. The van der Waals surface area contributed by atoms with E-state index in [1.165, 1.54) is 33.4 Å². The molecule has 8 aromatic carbocycles. The first-order valence-electron chi connectivity index (χ1n) is 18.7. The first-order chi connectivity index (χ1) is 27.3. The molecular formula is C52H35N3. The Morgan fingerprint density at radius 3 is 1.33 bits per heavy atom. The summed E-state index contributed by atoms with van der Waals surface area (Å²) >= 11 is 0. The van der Waals surface area contributed by atoms with Crippen LogP contribution in [-0.4, -0.2) is 14.5 Å². The zero-order valence-electron chi connectivity index (χ0n) is 30.0. The third kappa shape index (κ3) is 6.08. The van der Waals surface area contributed by atoms with E-state index in [1.807, 2.05) is 0 Å². The van der Waals surface area contributed by atoms with Gasteiger partial charge in [-0.3, -0.25) is 0 Å². The van der Waals surface area contributed by atoms with E-state index < -0.39 is 0 Å². The number of hydrogen-bond donors (Lipinski definition) is 0. The van der Waals surface area contributed by atoms with Crippen molar-refractivity contribution in [3.05, 3.63) is 212 Å². The molecule has 55 heavy (non-hydrogen) atoms. The van der Waals surface area contributed by atoms with Crippen LogP contribution in [-0.2, 0) is 0 Å². The maximum atomic E-state index is 5.43. The van der Waals surface area contributed by atoms with E-state index in [-0.39, 0.29) is 0 Å². The van der Waals surface area contributed by atoms with Crippen molar-refractivity contribution >= 4 is 21.9 Å². The average molecular weight is 702 g/mol. The van der Waals surface area contributed by atoms with Gasteiger partial charge in [-0.25, -0.2) is 9.97 Å². The van der Waals surface area contributed by atoms with Gasteiger partial charge in [0.15, 0.2) is 5.82 Å². The summed E-state index contributed by atoms with van der Waals surface area (Å²) in [6, 6.07) is 75.1. The Kier molecular flexibility index (Phi) is 8.16. The SMILES string of the molecule is c1ccc(-c2ccc(-c3nc(-c4cccc(-c5cccc(-c6cccc(-c7ccccc7)c6)c5)c4)nc4c5ccccc5n(-c5ccccc5)c34)cc2)cc1. The predicted octanol–water partition coefficient (Wildman–Crippen LogP) is 13.6. The summed E-state index contributed by atoms with van der Waals surface area (Å²) < 4.78 is 2.31. The molecule has 0 saturated carbocycles. The minimum absolute atomic E-state index is 0.694. The standard InChI is InChI=1S/C52H35N3/c1-4-15-36(16-5-1)38-29-31-39(32-30-38)49-51-50(47-27-10-11-28-48(47)55(51)46-25-8-3-9-26-46)54-52(53-49)45-24-14-23-44(35-45)43-22-13-21-42(34-43)41-20-12-19-40(33-41)37-17-6-2-7-18-37/h1-35H. The Bertz CT molecular complexity index is 2950. The number of benzene rings is 8. The molecule has 3 heteroatoms. The Balaban J connectivity index is 1.12. The minimum atomic E-state index is 0.694. The van der Waals surface area contributed by atoms with E-state index in [4.69, 9.17) is 9.97 Å². The van der Waals surface area contributed by atoms with Crippen LogP contribution in [0.15, 0.2) is 212 Å². The maximum Gasteiger partial charge on any atom is 0.160 e. The Labute approximate surface area is 320 Å². The molecule has 0 unspecified atom stereocenters. The molecule has 0 fully saturated rings. The van der Waals surface area contributed by atoms with E-state index in [0.717, 1.165) is 55.6 Å². The topological polar surface area (TPSA) is 30.7 Å². The van der Waals surface area contributed by atoms with Crippen LogP contribution in [0.5, 0.6) is 0 Å². The molecule has 0 saturated heterocycles. The van der Waals surface area contributed by atoms with Gasteiger partial charge in [0.1, 0.15) is 5.52 Å². The lowest BCUT2D eigenvalue weighted by molar-refractivity contribution is 1.15. The second kappa shape index (κ2) is 13.9. The van der Waals surface area contributed by atoms with Crippen LogP contribution >= 0.6 is 0 Å². The molecule has 0 bridgehead atoms. The van der Waals surface area contributed by atoms with Crippen molar-refractivity contribution in [1.29, 1.82) is 0 Å². The summed E-state index contributed by atoms with van der Waals surface area (Å²) in [5, 5.41) is 1.09. The second-order valence-corrected chi connectivity index (χ2v) is 13.8. The summed E-state index contributed by atoms with van der Waals surface area (Å²) in [4.78, 5) is 10.8. The lowest BCUT2D eigenvalue weighted by Gasteiger charge is -2.13. The summed E-state index contributed by atoms with van der Waals surface area (Å²) in [5.74, 6) is 0.694. The molecular weight excluding hydrogens is 667 g/mol. The normalized spacial score (nSPS) is 11.3. The third-order valence-electron chi connectivity index (χ3n) is 10.4. The number of rotatable bonds is 7. The van der Waals surface area contributed by atoms with Crippen molar-refractivity contribution in [2.75, 3.05) is 0 Å². The van der Waals surface area contributed by atoms with Crippen molar-refractivity contribution < 1.29 is 0 Å². The first-order valence-corrected chi connectivity index (χ1v) is 18.7. The van der Waals surface area contributed by atoms with Gasteiger partial charge in [-0.1, -0.05) is 176 Å². The molecule has 2 heterocycles. The number of nitrogens with zero attached hydrogens (tertiary/aromatic N) is 3. The fourth-order valence-electron chi connectivity index (χ4n) is 7.70. The van der Waals surface area contributed by atoms with Crippen molar-refractivity contribution in [3.63, 3.8) is 0 Å². The summed E-state index contributed by atoms with van der Waals surface area (Å²) in [6.07, 6.45) is 0. The molecule has 10 aromatic rings. The highest BCUT2D eigenvalue weighted by Crippen LogP contribution is 2.39. The fourth-order valence-corrected chi connectivity index (χ4v) is 7.70. The lowest BCUT2D eigenvalue weighted by Crippen LogP contribution is -2.00. The zero-order chi connectivity index (χ0) is 36.6. The molecule has 0 atom stereocenters. The van der Waals surface area contributed by atoms with Crippen LogP contribution < -0.4 is 0 Å². The predicted molar refractivity (Wildman–Crippen MR) is 229 cm³/mol. The van der Waals surface area contributed by atoms with Crippen molar-refractivity contribution in [2.45, 2.75) is 0 Å². The van der Waals surface area contributed by atoms with Crippen LogP contribution in [0.4, 0.5) is 0 Å². The molecule has 2 aromatic heterocycles. The molecule has 258 valence electrons. The molecule has 0 spiro atoms. The maximum absolute atomic E-state index is 5.43. The van der Waals surface area contributed by atoms with E-state index >= 15 is 0 Å². The van der Waals surface area contributed by atoms with E-state index in [0.29, 0.717) is 5.82 Å². The molecule has 10 rings (SSSR count). The van der Waals surface area contributed by atoms with E-state index in [2.05, 4.69) is 217 Å². The van der Waals surface area contributed by atoms with Crippen molar-refractivity contribution in [1.82, 2.24) is 14.5 Å². The Morgan fingerprint density at radius 2 is 0.727 bits per heavy atom. The van der Waals surface area contributed by atoms with Gasteiger partial charge in [0, 0.05) is 22.2 Å². The summed E-state index contributed by atoms with van der Waals surface area (Å²) in [6.45, 7) is 0. The number of para-hydroxylation sites is 2. The Hall–Kier alpha value is -7.36. The van der Waals surface area contributed by atoms with Gasteiger partial charge in [0.05, 0.1) is 16.7 Å². The smallest absolute Gasteiger partial charge is 0.160 e. The van der Waals surface area contributed by atoms with E-state index in [9.17, 15) is 0 Å². The monoisotopic (exact) mass is 701 g/mol. The molecule has 0 N–H and O–H groups in total. The third-order valence-corrected chi connectivity index (χ3v) is 10.4. The minimum Gasteiger partial charge on any atom is -0.306 e. The number of aromatic nitrogens is 3. The van der Waals surface area contributed by atoms with Gasteiger partial charge < -0.3 is 4.57 Å². The van der Waals surface area contributed by atoms with Gasteiger partial charge in [-0.15, -0.1) is 0 Å². The molecule has 0 amide bonds. The van der Waals surface area contributed by atoms with Crippen LogP contribution in [0.25, 0.3) is 94.8 Å². The highest BCUT2D eigenvalue weighted by Gasteiger charge is 2.21. The Morgan fingerprint density at radius 1 is 0.309 bits per heavy atom. The van der Waals surface area contributed by atoms with Gasteiger partial charge in [-0.2, -0.15) is 0 Å². The van der Waals surface area contributed by atoms with Crippen molar-refractivity contribution in [2.24, 2.45) is 0 Å². The van der Waals surface area contributed by atoms with Gasteiger partial charge in [-0.05, 0) is 80.9 Å². The van der Waals surface area contributed by atoms with Gasteiger partial charge >= 0.3 is 0 Å². The number of hydrogen-bond acceptors (Lipinski definition) is 2. The highest BCUT2D eigenvalue weighted by molar-refractivity contribution is 6.11. The summed E-state index contributed by atoms with van der Waals surface area (Å²) in [7, 11) is 0. The molecule has 0 radical (unpaired) electrons. The second-order valence-electron chi connectivity index (χ2n) is 13.8. The van der Waals surface area contributed by atoms with Crippen molar-refractivity contribution in [3.8, 4) is 72.8 Å². The van der Waals surface area contributed by atoms with Crippen LogP contribution in [0, 0.1) is 0 Å². The molecule has 0 aliphatic carbocycles. The van der Waals surface area contributed by atoms with Gasteiger partial charge in [0.25, 0.3) is 0 Å².